The average Bonchev–Trinajstić information content (AvgIpc) is 2.82. The Hall–Kier alpha value is -3.20. The van der Waals surface area contributed by atoms with Crippen LogP contribution in [0.4, 0.5) is 8.78 Å². The maximum atomic E-state index is 14.1. The van der Waals surface area contributed by atoms with Crippen LogP contribution < -0.4 is 10.6 Å². The summed E-state index contributed by atoms with van der Waals surface area (Å²) in [7, 11) is 0. The summed E-state index contributed by atoms with van der Waals surface area (Å²) < 4.78 is 27.3. The third-order valence-corrected chi connectivity index (χ3v) is 5.74. The number of piperazine rings is 1. The second-order valence-corrected chi connectivity index (χ2v) is 8.07. The van der Waals surface area contributed by atoms with Crippen LogP contribution in [0.2, 0.25) is 0 Å². The van der Waals surface area contributed by atoms with Crippen molar-refractivity contribution in [3.8, 4) is 0 Å². The maximum absolute atomic E-state index is 14.1. The van der Waals surface area contributed by atoms with Crippen LogP contribution in [-0.2, 0) is 14.4 Å². The topological polar surface area (TPSA) is 81.8 Å². The van der Waals surface area contributed by atoms with Gasteiger partial charge < -0.3 is 20.4 Å². The Labute approximate surface area is 203 Å². The predicted octanol–water partition coefficient (Wildman–Crippen LogP) is 3.35. The lowest BCUT2D eigenvalue weighted by molar-refractivity contribution is -0.146. The Kier molecular flexibility index (Phi) is 10.2. The van der Waals surface area contributed by atoms with E-state index in [-0.39, 0.29) is 19.0 Å². The lowest BCUT2D eigenvalue weighted by atomic mass is 10.0. The molecular formula is C24H29ClF2N4O3. The van der Waals surface area contributed by atoms with Gasteiger partial charge in [-0.3, -0.25) is 14.4 Å². The predicted molar refractivity (Wildman–Crippen MR) is 127 cm³/mol. The van der Waals surface area contributed by atoms with Gasteiger partial charge in [0.15, 0.2) is 0 Å². The third-order valence-electron chi connectivity index (χ3n) is 5.26. The first-order chi connectivity index (χ1) is 16.2. The quantitative estimate of drug-likeness (QED) is 0.420. The van der Waals surface area contributed by atoms with Crippen LogP contribution in [0.5, 0.6) is 0 Å². The van der Waals surface area contributed by atoms with E-state index >= 15 is 0 Å². The van der Waals surface area contributed by atoms with Crippen LogP contribution in [0.3, 0.4) is 0 Å². The van der Waals surface area contributed by atoms with Crippen LogP contribution in [0.15, 0.2) is 71.0 Å². The van der Waals surface area contributed by atoms with Crippen LogP contribution in [0, 0.1) is 0 Å². The van der Waals surface area contributed by atoms with E-state index in [9.17, 15) is 23.2 Å². The van der Waals surface area contributed by atoms with Gasteiger partial charge in [-0.25, -0.2) is 8.78 Å². The number of carbonyl (C=O) groups excluding carboxylic acids is 3. The zero-order chi connectivity index (χ0) is 25.3. The summed E-state index contributed by atoms with van der Waals surface area (Å²) in [4.78, 5) is 39.5. The molecule has 2 rings (SSSR count). The van der Waals surface area contributed by atoms with E-state index in [2.05, 4.69) is 17.2 Å². The number of hydrogen-bond acceptors (Lipinski definition) is 4. The molecule has 1 unspecified atom stereocenters. The van der Waals surface area contributed by atoms with Gasteiger partial charge in [0.2, 0.25) is 5.91 Å². The number of nitrogens with zero attached hydrogens (tertiary/aromatic N) is 2. The van der Waals surface area contributed by atoms with E-state index in [1.807, 2.05) is 6.92 Å². The highest BCUT2D eigenvalue weighted by Gasteiger charge is 2.26. The van der Waals surface area contributed by atoms with E-state index in [0.717, 1.165) is 18.6 Å². The maximum Gasteiger partial charge on any atom is 0.313 e. The number of hydrogen-bond donors (Lipinski definition) is 2. The summed E-state index contributed by atoms with van der Waals surface area (Å²) >= 11 is 5.63. The molecule has 2 aliphatic heterocycles. The molecule has 0 radical (unpaired) electrons. The molecule has 3 amide bonds. The summed E-state index contributed by atoms with van der Waals surface area (Å²) in [6, 6.07) is 0. The van der Waals surface area contributed by atoms with E-state index in [1.54, 1.807) is 23.1 Å². The van der Waals surface area contributed by atoms with E-state index in [0.29, 0.717) is 37.3 Å². The van der Waals surface area contributed by atoms with Crippen molar-refractivity contribution in [3.05, 3.63) is 71.0 Å². The van der Waals surface area contributed by atoms with Crippen LogP contribution in [0.1, 0.15) is 26.7 Å². The highest BCUT2D eigenvalue weighted by molar-refractivity contribution is 6.35. The molecule has 2 aliphatic rings. The molecular weight excluding hydrogens is 466 g/mol. The molecule has 0 spiro atoms. The van der Waals surface area contributed by atoms with E-state index in [1.165, 1.54) is 17.2 Å². The number of alkyl halides is 1. The lowest BCUT2D eigenvalue weighted by Crippen LogP contribution is -2.51. The smallest absolute Gasteiger partial charge is 0.313 e. The Morgan fingerprint density at radius 1 is 1.18 bits per heavy atom. The van der Waals surface area contributed by atoms with E-state index in [4.69, 9.17) is 11.6 Å². The highest BCUT2D eigenvalue weighted by atomic mass is 35.5. The summed E-state index contributed by atoms with van der Waals surface area (Å²) in [5.74, 6) is -2.43. The molecule has 184 valence electrons. The molecule has 2 N–H and O–H groups in total. The fraction of sp³-hybridized carbons (Fsp3) is 0.375. The van der Waals surface area contributed by atoms with Crippen LogP contribution in [-0.4, -0.2) is 59.9 Å². The molecule has 0 aliphatic carbocycles. The first-order valence-electron chi connectivity index (χ1n) is 10.9. The van der Waals surface area contributed by atoms with Gasteiger partial charge in [0.25, 0.3) is 0 Å². The van der Waals surface area contributed by atoms with Gasteiger partial charge in [-0.2, -0.15) is 0 Å². The largest absolute Gasteiger partial charge is 0.368 e. The molecule has 10 heteroatoms. The van der Waals surface area contributed by atoms with Gasteiger partial charge in [0.1, 0.15) is 12.0 Å². The first-order valence-corrected chi connectivity index (χ1v) is 11.3. The summed E-state index contributed by atoms with van der Waals surface area (Å²) in [5.41, 5.74) is 1.90. The number of amides is 3. The average molecular weight is 495 g/mol. The number of nitrogens with one attached hydrogen (secondary N) is 2. The molecule has 0 saturated carbocycles. The number of halogens is 3. The Balaban J connectivity index is 1.95. The van der Waals surface area contributed by atoms with Crippen molar-refractivity contribution in [1.82, 2.24) is 20.4 Å². The van der Waals surface area contributed by atoms with Gasteiger partial charge in [0.05, 0.1) is 5.03 Å². The fourth-order valence-corrected chi connectivity index (χ4v) is 3.48. The standard InChI is InChI=1S/C24H29ClF2N4O3/c1-4-6-20-17(7-8-21(32)29-20)9-10-28-23(33)24(34)31-13-11-30(12-14-31)18(5-2)15-19(27)22(25)16(3)26/h4-6,9-10,15-16H,2,7-8,11-14H2,1,3H3,(H,28,33)(H,29,32)/b6-4-,10-9+,18-15+,22-19-. The first kappa shape index (κ1) is 27.0. The molecule has 1 saturated heterocycles. The zero-order valence-electron chi connectivity index (χ0n) is 19.2. The molecule has 7 nitrogen and oxygen atoms in total. The minimum atomic E-state index is -1.63. The Morgan fingerprint density at radius 3 is 2.41 bits per heavy atom. The molecule has 0 aromatic carbocycles. The number of allylic oxidation sites excluding steroid dienone is 8. The van der Waals surface area contributed by atoms with Gasteiger partial charge in [-0.15, -0.1) is 0 Å². The minimum Gasteiger partial charge on any atom is -0.368 e. The van der Waals surface area contributed by atoms with Gasteiger partial charge in [0, 0.05) is 50.2 Å². The third kappa shape index (κ3) is 7.41. The Morgan fingerprint density at radius 2 is 1.82 bits per heavy atom. The van der Waals surface area contributed by atoms with Crippen molar-refractivity contribution < 1.29 is 23.2 Å². The van der Waals surface area contributed by atoms with Crippen molar-refractivity contribution in [2.45, 2.75) is 32.9 Å². The van der Waals surface area contributed by atoms with E-state index < -0.39 is 28.8 Å². The summed E-state index contributed by atoms with van der Waals surface area (Å²) in [6.07, 6.45) is 8.37. The second-order valence-electron chi connectivity index (χ2n) is 7.66. The molecule has 2 heterocycles. The molecule has 0 bridgehead atoms. The molecule has 1 fully saturated rings. The molecule has 1 atom stereocenters. The van der Waals surface area contributed by atoms with Crippen molar-refractivity contribution in [2.24, 2.45) is 0 Å². The van der Waals surface area contributed by atoms with Crippen molar-refractivity contribution in [1.29, 1.82) is 0 Å². The minimum absolute atomic E-state index is 0.0723. The SMILES string of the molecule is C=C/C(=C\C(F)=C(\Cl)C(C)F)N1CCN(C(=O)C(=O)N/C=C/C2=C(/C=C\C)NC(=O)CC2)CC1. The zero-order valence-corrected chi connectivity index (χ0v) is 20.0. The lowest BCUT2D eigenvalue weighted by Gasteiger charge is -2.36. The van der Waals surface area contributed by atoms with Crippen molar-refractivity contribution in [3.63, 3.8) is 0 Å². The van der Waals surface area contributed by atoms with Crippen molar-refractivity contribution in [2.75, 3.05) is 26.2 Å². The number of carbonyl (C=O) groups is 3. The van der Waals surface area contributed by atoms with Gasteiger partial charge >= 0.3 is 11.8 Å². The van der Waals surface area contributed by atoms with Gasteiger partial charge in [-0.1, -0.05) is 24.3 Å². The molecule has 0 aromatic rings. The monoisotopic (exact) mass is 494 g/mol. The highest BCUT2D eigenvalue weighted by Crippen LogP contribution is 2.22. The molecule has 0 aromatic heterocycles. The Bertz CT molecular complexity index is 975. The van der Waals surface area contributed by atoms with Gasteiger partial charge in [-0.05, 0) is 50.1 Å². The van der Waals surface area contributed by atoms with Crippen molar-refractivity contribution >= 4 is 29.3 Å². The summed E-state index contributed by atoms with van der Waals surface area (Å²) in [6.45, 7) is 7.76. The second kappa shape index (κ2) is 12.9. The van der Waals surface area contributed by atoms with Crippen LogP contribution in [0.25, 0.3) is 0 Å². The molecule has 34 heavy (non-hydrogen) atoms. The summed E-state index contributed by atoms with van der Waals surface area (Å²) in [5, 5.41) is 4.71. The normalized spacial score (nSPS) is 19.3. The van der Waals surface area contributed by atoms with Crippen LogP contribution >= 0.6 is 11.6 Å². The fourth-order valence-electron chi connectivity index (χ4n) is 3.42. The number of rotatable bonds is 7.